The fourth-order valence-electron chi connectivity index (χ4n) is 4.74. The number of aromatic nitrogens is 4. The van der Waals surface area contributed by atoms with Gasteiger partial charge in [-0.05, 0) is 30.7 Å². The number of nitrogens with one attached hydrogen (secondary N) is 3. The molecule has 9 heteroatoms. The molecule has 34 heavy (non-hydrogen) atoms. The van der Waals surface area contributed by atoms with Crippen molar-refractivity contribution in [2.45, 2.75) is 19.5 Å². The molecule has 2 aliphatic heterocycles. The summed E-state index contributed by atoms with van der Waals surface area (Å²) in [5, 5.41) is 10.6. The number of likely N-dealkylation sites (N-methyl/N-ethyl adjacent to an activating group) is 1. The first-order valence-electron chi connectivity index (χ1n) is 11.4. The zero-order valence-electron chi connectivity index (χ0n) is 19.4. The standard InChI is InChI=1S/C25H26N8O/c1-14-4-5-20(31-23(14)33(3)15-10-26-11-15)30-19-13-28-22(18-12-29-25(34)21(18)19)16-6-8-27-24-17(16)7-9-32(24)2/h4-9,13,15,26H,10-12H2,1-3H3,(H,29,34)(H,30,31). The van der Waals surface area contributed by atoms with Gasteiger partial charge in [0, 0.05) is 62.6 Å². The van der Waals surface area contributed by atoms with Crippen LogP contribution in [0, 0.1) is 6.92 Å². The molecule has 6 heterocycles. The Kier molecular flexibility index (Phi) is 4.73. The van der Waals surface area contributed by atoms with E-state index in [1.165, 1.54) is 0 Å². The zero-order valence-corrected chi connectivity index (χ0v) is 19.4. The van der Waals surface area contributed by atoms with E-state index < -0.39 is 0 Å². The van der Waals surface area contributed by atoms with Crippen LogP contribution in [0.3, 0.4) is 0 Å². The molecular weight excluding hydrogens is 428 g/mol. The van der Waals surface area contributed by atoms with Crippen molar-refractivity contribution in [3.63, 3.8) is 0 Å². The lowest BCUT2D eigenvalue weighted by molar-refractivity contribution is 0.0966. The topological polar surface area (TPSA) is 100 Å². The molecule has 1 fully saturated rings. The monoisotopic (exact) mass is 454 g/mol. The van der Waals surface area contributed by atoms with Crippen LogP contribution in [0.5, 0.6) is 0 Å². The summed E-state index contributed by atoms with van der Waals surface area (Å²) in [6, 6.07) is 8.43. The molecule has 2 aliphatic rings. The minimum Gasteiger partial charge on any atom is -0.354 e. The summed E-state index contributed by atoms with van der Waals surface area (Å²) >= 11 is 0. The molecule has 0 aromatic carbocycles. The predicted octanol–water partition coefficient (Wildman–Crippen LogP) is 2.73. The maximum Gasteiger partial charge on any atom is 0.254 e. The Bertz CT molecular complexity index is 1440. The number of pyridine rings is 3. The highest BCUT2D eigenvalue weighted by Crippen LogP contribution is 2.36. The molecule has 0 aliphatic carbocycles. The van der Waals surface area contributed by atoms with Gasteiger partial charge < -0.3 is 25.4 Å². The van der Waals surface area contributed by atoms with Crippen LogP contribution in [-0.2, 0) is 13.6 Å². The molecule has 9 nitrogen and oxygen atoms in total. The van der Waals surface area contributed by atoms with Crippen LogP contribution < -0.4 is 20.9 Å². The molecule has 0 bridgehead atoms. The molecule has 1 saturated heterocycles. The lowest BCUT2D eigenvalue weighted by Gasteiger charge is -2.37. The molecule has 1 amide bonds. The molecule has 4 aromatic rings. The average Bonchev–Trinajstić information content (AvgIpc) is 3.37. The largest absolute Gasteiger partial charge is 0.354 e. The van der Waals surface area contributed by atoms with Crippen LogP contribution in [0.2, 0.25) is 0 Å². The van der Waals surface area contributed by atoms with E-state index in [4.69, 9.17) is 9.97 Å². The lowest BCUT2D eigenvalue weighted by Crippen LogP contribution is -2.56. The Hall–Kier alpha value is -3.98. The second kappa shape index (κ2) is 7.81. The van der Waals surface area contributed by atoms with E-state index >= 15 is 0 Å². The van der Waals surface area contributed by atoms with Crippen molar-refractivity contribution in [2.24, 2.45) is 7.05 Å². The molecular formula is C25H26N8O. The van der Waals surface area contributed by atoms with Crippen molar-refractivity contribution in [3.8, 4) is 11.3 Å². The van der Waals surface area contributed by atoms with Crippen molar-refractivity contribution >= 4 is 34.3 Å². The lowest BCUT2D eigenvalue weighted by atomic mass is 10.0. The van der Waals surface area contributed by atoms with Crippen molar-refractivity contribution in [3.05, 3.63) is 59.5 Å². The van der Waals surface area contributed by atoms with Gasteiger partial charge in [0.2, 0.25) is 0 Å². The van der Waals surface area contributed by atoms with Gasteiger partial charge in [-0.1, -0.05) is 6.07 Å². The highest BCUT2D eigenvalue weighted by atomic mass is 16.1. The summed E-state index contributed by atoms with van der Waals surface area (Å²) in [4.78, 5) is 29.2. The summed E-state index contributed by atoms with van der Waals surface area (Å²) < 4.78 is 1.98. The number of aryl methyl sites for hydroxylation is 2. The molecule has 3 N–H and O–H groups in total. The SMILES string of the molecule is Cc1ccc(Nc2cnc(-c3ccnc4c3ccn4C)c3c2C(=O)NC3)nc1N(C)C1CNC1. The van der Waals surface area contributed by atoms with E-state index in [9.17, 15) is 4.79 Å². The van der Waals surface area contributed by atoms with E-state index in [0.717, 1.165) is 52.3 Å². The van der Waals surface area contributed by atoms with E-state index in [1.807, 2.05) is 36.0 Å². The number of hydrogen-bond acceptors (Lipinski definition) is 7. The fourth-order valence-corrected chi connectivity index (χ4v) is 4.74. The van der Waals surface area contributed by atoms with Gasteiger partial charge in [-0.3, -0.25) is 9.78 Å². The summed E-state index contributed by atoms with van der Waals surface area (Å²) in [7, 11) is 4.04. The Morgan fingerprint density at radius 3 is 2.82 bits per heavy atom. The van der Waals surface area contributed by atoms with E-state index in [2.05, 4.69) is 45.9 Å². The number of carbonyl (C=O) groups excluding carboxylic acids is 1. The van der Waals surface area contributed by atoms with Crippen molar-refractivity contribution in [2.75, 3.05) is 30.4 Å². The molecule has 0 unspecified atom stereocenters. The van der Waals surface area contributed by atoms with E-state index in [1.54, 1.807) is 12.4 Å². The third-order valence-corrected chi connectivity index (χ3v) is 6.83. The number of hydrogen-bond donors (Lipinski definition) is 3. The zero-order chi connectivity index (χ0) is 23.4. The van der Waals surface area contributed by atoms with Crippen LogP contribution in [-0.4, -0.2) is 51.6 Å². The summed E-state index contributed by atoms with van der Waals surface area (Å²) in [5.41, 5.74) is 5.92. The van der Waals surface area contributed by atoms with Crippen LogP contribution in [0.15, 0.2) is 42.9 Å². The van der Waals surface area contributed by atoms with E-state index in [-0.39, 0.29) is 5.91 Å². The maximum absolute atomic E-state index is 12.9. The van der Waals surface area contributed by atoms with Crippen molar-refractivity contribution in [1.29, 1.82) is 0 Å². The molecule has 0 saturated carbocycles. The number of rotatable bonds is 5. The minimum atomic E-state index is -0.107. The number of carbonyl (C=O) groups is 1. The van der Waals surface area contributed by atoms with Gasteiger partial charge in [0.1, 0.15) is 17.3 Å². The number of fused-ring (bicyclic) bond motifs is 2. The summed E-state index contributed by atoms with van der Waals surface area (Å²) in [5.74, 6) is 1.51. The normalized spacial score (nSPS) is 15.2. The minimum absolute atomic E-state index is 0.107. The van der Waals surface area contributed by atoms with Gasteiger partial charge in [0.15, 0.2) is 0 Å². The van der Waals surface area contributed by atoms with Gasteiger partial charge in [-0.15, -0.1) is 0 Å². The maximum atomic E-state index is 12.9. The molecule has 0 radical (unpaired) electrons. The van der Waals surface area contributed by atoms with E-state index in [0.29, 0.717) is 29.7 Å². The average molecular weight is 455 g/mol. The molecule has 172 valence electrons. The molecule has 0 spiro atoms. The second-order valence-corrected chi connectivity index (χ2v) is 8.96. The quantitative estimate of drug-likeness (QED) is 0.426. The van der Waals surface area contributed by atoms with Gasteiger partial charge >= 0.3 is 0 Å². The highest BCUT2D eigenvalue weighted by Gasteiger charge is 2.29. The molecule has 0 atom stereocenters. The van der Waals surface area contributed by atoms with Crippen LogP contribution in [0.4, 0.5) is 17.3 Å². The Morgan fingerprint density at radius 2 is 2.03 bits per heavy atom. The highest BCUT2D eigenvalue weighted by molar-refractivity contribution is 6.06. The first-order valence-corrected chi connectivity index (χ1v) is 11.4. The fraction of sp³-hybridized carbons (Fsp3) is 0.280. The smallest absolute Gasteiger partial charge is 0.254 e. The van der Waals surface area contributed by atoms with Crippen LogP contribution >= 0.6 is 0 Å². The number of amides is 1. The first-order chi connectivity index (χ1) is 16.5. The van der Waals surface area contributed by atoms with Gasteiger partial charge in [-0.25, -0.2) is 9.97 Å². The third kappa shape index (κ3) is 3.19. The Balaban J connectivity index is 1.40. The second-order valence-electron chi connectivity index (χ2n) is 8.96. The van der Waals surface area contributed by atoms with Gasteiger partial charge in [-0.2, -0.15) is 0 Å². The molecule has 4 aromatic heterocycles. The van der Waals surface area contributed by atoms with Crippen molar-refractivity contribution in [1.82, 2.24) is 30.2 Å². The molecule has 6 rings (SSSR count). The Morgan fingerprint density at radius 1 is 1.18 bits per heavy atom. The van der Waals surface area contributed by atoms with Crippen molar-refractivity contribution < 1.29 is 4.79 Å². The van der Waals surface area contributed by atoms with Gasteiger partial charge in [0.25, 0.3) is 5.91 Å². The number of nitrogens with zero attached hydrogens (tertiary/aromatic N) is 5. The van der Waals surface area contributed by atoms with Crippen LogP contribution in [0.25, 0.3) is 22.3 Å². The van der Waals surface area contributed by atoms with Gasteiger partial charge in [0.05, 0.1) is 29.2 Å². The summed E-state index contributed by atoms with van der Waals surface area (Å²) in [6.07, 6.45) is 5.50. The predicted molar refractivity (Wildman–Crippen MR) is 132 cm³/mol. The Labute approximate surface area is 197 Å². The third-order valence-electron chi connectivity index (χ3n) is 6.83. The number of anilines is 3. The van der Waals surface area contributed by atoms with Crippen LogP contribution in [0.1, 0.15) is 21.5 Å². The summed E-state index contributed by atoms with van der Waals surface area (Å²) in [6.45, 7) is 4.41. The first kappa shape index (κ1) is 20.6.